The van der Waals surface area contributed by atoms with E-state index in [1.807, 2.05) is 0 Å². The van der Waals surface area contributed by atoms with Crippen LogP contribution in [0.4, 0.5) is 18.9 Å². The number of aromatic nitrogens is 2. The summed E-state index contributed by atoms with van der Waals surface area (Å²) in [6.07, 6.45) is -2.08. The minimum Gasteiger partial charge on any atom is -0.475 e. The number of rotatable bonds is 2. The van der Waals surface area contributed by atoms with Gasteiger partial charge in [-0.1, -0.05) is 6.08 Å². The molecule has 0 radical (unpaired) electrons. The SMILES string of the molecule is C=CCn1c(C)ncc(N)c1=O.O=C(O)C(F)(F)F. The molecule has 0 bridgehead atoms. The first-order valence-corrected chi connectivity index (χ1v) is 4.84. The molecule has 0 fully saturated rings. The van der Waals surface area contributed by atoms with Gasteiger partial charge in [0, 0.05) is 6.54 Å². The van der Waals surface area contributed by atoms with Gasteiger partial charge in [0.1, 0.15) is 11.5 Å². The molecule has 0 aliphatic carbocycles. The second-order valence-electron chi connectivity index (χ2n) is 3.27. The number of nitrogen functional groups attached to an aromatic ring is 1. The number of carboxylic acid groups (broad SMARTS) is 1. The minimum absolute atomic E-state index is 0.169. The fourth-order valence-electron chi connectivity index (χ4n) is 0.935. The Bertz CT molecular complexity index is 523. The second kappa shape index (κ2) is 6.57. The fraction of sp³-hybridized carbons (Fsp3) is 0.300. The van der Waals surface area contributed by atoms with Gasteiger partial charge in [-0.3, -0.25) is 9.36 Å². The highest BCUT2D eigenvalue weighted by Crippen LogP contribution is 2.13. The summed E-state index contributed by atoms with van der Waals surface area (Å²) in [5.74, 6) is -2.11. The van der Waals surface area contributed by atoms with Gasteiger partial charge < -0.3 is 10.8 Å². The highest BCUT2D eigenvalue weighted by Gasteiger charge is 2.38. The third-order valence-electron chi connectivity index (χ3n) is 1.83. The quantitative estimate of drug-likeness (QED) is 0.785. The Morgan fingerprint density at radius 2 is 2.11 bits per heavy atom. The van der Waals surface area contributed by atoms with Gasteiger partial charge in [-0.2, -0.15) is 13.2 Å². The lowest BCUT2D eigenvalue weighted by molar-refractivity contribution is -0.192. The Labute approximate surface area is 106 Å². The minimum atomic E-state index is -5.08. The number of alkyl halides is 3. The van der Waals surface area contributed by atoms with Gasteiger partial charge in [0.25, 0.3) is 5.56 Å². The third-order valence-corrected chi connectivity index (χ3v) is 1.83. The second-order valence-corrected chi connectivity index (χ2v) is 3.27. The monoisotopic (exact) mass is 279 g/mol. The van der Waals surface area contributed by atoms with Crippen molar-refractivity contribution in [3.8, 4) is 0 Å². The van der Waals surface area contributed by atoms with E-state index in [4.69, 9.17) is 15.6 Å². The Hall–Kier alpha value is -2.32. The van der Waals surface area contributed by atoms with Gasteiger partial charge in [0.05, 0.1) is 6.20 Å². The maximum absolute atomic E-state index is 11.3. The van der Waals surface area contributed by atoms with E-state index in [1.54, 1.807) is 13.0 Å². The zero-order chi connectivity index (χ0) is 15.2. The van der Waals surface area contributed by atoms with Crippen LogP contribution in [0.3, 0.4) is 0 Å². The van der Waals surface area contributed by atoms with Crippen molar-refractivity contribution in [3.05, 3.63) is 35.0 Å². The van der Waals surface area contributed by atoms with E-state index in [9.17, 15) is 18.0 Å². The number of nitrogens with zero attached hydrogens (tertiary/aromatic N) is 2. The van der Waals surface area contributed by atoms with Crippen molar-refractivity contribution in [1.82, 2.24) is 9.55 Å². The van der Waals surface area contributed by atoms with Crippen LogP contribution in [0.15, 0.2) is 23.6 Å². The van der Waals surface area contributed by atoms with Crippen LogP contribution in [-0.2, 0) is 11.3 Å². The summed E-state index contributed by atoms with van der Waals surface area (Å²) in [5, 5.41) is 7.12. The molecule has 1 rings (SSSR count). The van der Waals surface area contributed by atoms with Crippen molar-refractivity contribution in [2.24, 2.45) is 0 Å². The molecule has 1 heterocycles. The van der Waals surface area contributed by atoms with E-state index in [0.29, 0.717) is 12.4 Å². The maximum atomic E-state index is 11.3. The number of hydrogen-bond donors (Lipinski definition) is 2. The molecule has 3 N–H and O–H groups in total. The lowest BCUT2D eigenvalue weighted by Gasteiger charge is -2.05. The van der Waals surface area contributed by atoms with Crippen molar-refractivity contribution in [2.45, 2.75) is 19.6 Å². The number of halogens is 3. The molecule has 0 amide bonds. The van der Waals surface area contributed by atoms with Crippen LogP contribution in [0.2, 0.25) is 0 Å². The summed E-state index contributed by atoms with van der Waals surface area (Å²) >= 11 is 0. The van der Waals surface area contributed by atoms with Gasteiger partial charge in [0.15, 0.2) is 0 Å². The van der Waals surface area contributed by atoms with E-state index < -0.39 is 12.1 Å². The van der Waals surface area contributed by atoms with E-state index in [1.165, 1.54) is 10.8 Å². The number of allylic oxidation sites excluding steroid dienone is 1. The lowest BCUT2D eigenvalue weighted by Crippen LogP contribution is -2.25. The zero-order valence-electron chi connectivity index (χ0n) is 9.94. The zero-order valence-corrected chi connectivity index (χ0v) is 9.94. The Morgan fingerprint density at radius 3 is 2.47 bits per heavy atom. The van der Waals surface area contributed by atoms with Crippen molar-refractivity contribution in [3.63, 3.8) is 0 Å². The summed E-state index contributed by atoms with van der Waals surface area (Å²) in [4.78, 5) is 24.2. The summed E-state index contributed by atoms with van der Waals surface area (Å²) in [7, 11) is 0. The first kappa shape index (κ1) is 16.7. The number of hydrogen-bond acceptors (Lipinski definition) is 4. The van der Waals surface area contributed by atoms with Crippen molar-refractivity contribution >= 4 is 11.7 Å². The summed E-state index contributed by atoms with van der Waals surface area (Å²) < 4.78 is 33.2. The Balaban J connectivity index is 0.000000399. The molecule has 1 aromatic heterocycles. The van der Waals surface area contributed by atoms with E-state index >= 15 is 0 Å². The van der Waals surface area contributed by atoms with Crippen molar-refractivity contribution < 1.29 is 23.1 Å². The predicted molar refractivity (Wildman–Crippen MR) is 61.5 cm³/mol. The number of aliphatic carboxylic acids is 1. The number of nitrogens with two attached hydrogens (primary N) is 1. The van der Waals surface area contributed by atoms with Gasteiger partial charge in [0.2, 0.25) is 0 Å². The first-order valence-electron chi connectivity index (χ1n) is 4.84. The summed E-state index contributed by atoms with van der Waals surface area (Å²) in [6, 6.07) is 0. The molecule has 0 spiro atoms. The molecule has 0 aliphatic heterocycles. The first-order chi connectivity index (χ1) is 8.61. The molecule has 106 valence electrons. The molecule has 0 atom stereocenters. The molecule has 9 heteroatoms. The molecular formula is C10H12F3N3O3. The molecule has 1 aromatic rings. The van der Waals surface area contributed by atoms with Gasteiger partial charge in [-0.15, -0.1) is 6.58 Å². The molecule has 19 heavy (non-hydrogen) atoms. The van der Waals surface area contributed by atoms with E-state index in [2.05, 4.69) is 11.6 Å². The molecule has 0 saturated heterocycles. The normalized spacial score (nSPS) is 10.3. The highest BCUT2D eigenvalue weighted by molar-refractivity contribution is 5.73. The number of carbonyl (C=O) groups is 1. The highest BCUT2D eigenvalue weighted by atomic mass is 19.4. The van der Waals surface area contributed by atoms with Crippen LogP contribution in [0, 0.1) is 6.92 Å². The molecule has 0 aliphatic rings. The predicted octanol–water partition coefficient (Wildman–Crippen LogP) is 0.953. The smallest absolute Gasteiger partial charge is 0.475 e. The average molecular weight is 279 g/mol. The number of anilines is 1. The van der Waals surface area contributed by atoms with Crippen LogP contribution in [-0.4, -0.2) is 26.8 Å². The summed E-state index contributed by atoms with van der Waals surface area (Å²) in [6.45, 7) is 5.74. The van der Waals surface area contributed by atoms with Crippen LogP contribution < -0.4 is 11.3 Å². The fourth-order valence-corrected chi connectivity index (χ4v) is 0.935. The molecule has 0 aromatic carbocycles. The van der Waals surface area contributed by atoms with Crippen LogP contribution in [0.5, 0.6) is 0 Å². The summed E-state index contributed by atoms with van der Waals surface area (Å²) in [5.41, 5.74) is 5.35. The largest absolute Gasteiger partial charge is 0.490 e. The Morgan fingerprint density at radius 1 is 1.63 bits per heavy atom. The molecule has 6 nitrogen and oxygen atoms in total. The number of aryl methyl sites for hydroxylation is 1. The van der Waals surface area contributed by atoms with Crippen molar-refractivity contribution in [1.29, 1.82) is 0 Å². The standard InChI is InChI=1S/C8H11N3O.C2HF3O2/c1-3-4-11-6(2)10-5-7(9)8(11)12;3-2(4,5)1(6)7/h3,5H,1,4,9H2,2H3;(H,6,7). The van der Waals surface area contributed by atoms with Gasteiger partial charge >= 0.3 is 12.1 Å². The van der Waals surface area contributed by atoms with E-state index in [-0.39, 0.29) is 11.2 Å². The number of carboxylic acids is 1. The molecular weight excluding hydrogens is 267 g/mol. The van der Waals surface area contributed by atoms with Crippen LogP contribution in [0.25, 0.3) is 0 Å². The topological polar surface area (TPSA) is 98.2 Å². The van der Waals surface area contributed by atoms with Crippen LogP contribution >= 0.6 is 0 Å². The van der Waals surface area contributed by atoms with Gasteiger partial charge in [-0.25, -0.2) is 9.78 Å². The van der Waals surface area contributed by atoms with Crippen molar-refractivity contribution in [2.75, 3.05) is 5.73 Å². The average Bonchev–Trinajstić information content (AvgIpc) is 2.29. The third kappa shape index (κ3) is 5.23. The van der Waals surface area contributed by atoms with Gasteiger partial charge in [-0.05, 0) is 6.92 Å². The molecule has 0 saturated carbocycles. The van der Waals surface area contributed by atoms with E-state index in [0.717, 1.165) is 0 Å². The maximum Gasteiger partial charge on any atom is 0.490 e. The lowest BCUT2D eigenvalue weighted by atomic mass is 10.4. The Kier molecular flexibility index (Phi) is 5.77. The van der Waals surface area contributed by atoms with Crippen LogP contribution in [0.1, 0.15) is 5.82 Å². The molecule has 0 unspecified atom stereocenters.